The Morgan fingerprint density at radius 3 is 1.22 bits per heavy atom. The van der Waals surface area contributed by atoms with E-state index in [0.717, 1.165) is 89.9 Å². The van der Waals surface area contributed by atoms with Crippen LogP contribution in [0.15, 0.2) is 85.1 Å². The highest BCUT2D eigenvalue weighted by Gasteiger charge is 2.24. The molecule has 0 aliphatic rings. The SMILES string of the molecule is CC/C=C\C/C=C\C/C=C\C/C=C\C/C=C\C/C=C\C/C=C\CCCCCC(=O)NC(COP(=O)([O-])OCC[N+](C)(C)C)C(O)CCCCCCCCCCCCCCCCCCCCCCCCCCC. The first kappa shape index (κ1) is 69.7. The maximum Gasteiger partial charge on any atom is 0.268 e. The molecular weight excluding hydrogens is 912 g/mol. The molecule has 0 bridgehead atoms. The van der Waals surface area contributed by atoms with Gasteiger partial charge in [-0.05, 0) is 70.6 Å². The van der Waals surface area contributed by atoms with Crippen LogP contribution in [0.4, 0.5) is 0 Å². The zero-order chi connectivity index (χ0) is 52.7. The van der Waals surface area contributed by atoms with Crippen LogP contribution in [0.5, 0.6) is 0 Å². The van der Waals surface area contributed by atoms with Gasteiger partial charge in [-0.15, -0.1) is 0 Å². The molecule has 72 heavy (non-hydrogen) atoms. The normalized spacial score (nSPS) is 14.5. The number of nitrogens with one attached hydrogen (secondary N) is 1. The molecule has 418 valence electrons. The Bertz CT molecular complexity index is 1450. The van der Waals surface area contributed by atoms with Gasteiger partial charge in [-0.3, -0.25) is 9.36 Å². The molecule has 9 heteroatoms. The first-order chi connectivity index (χ1) is 35.0. The molecule has 3 atom stereocenters. The second-order valence-electron chi connectivity index (χ2n) is 21.3. The van der Waals surface area contributed by atoms with Crippen molar-refractivity contribution in [1.29, 1.82) is 0 Å². The highest BCUT2D eigenvalue weighted by atomic mass is 31.2. The molecule has 0 spiro atoms. The van der Waals surface area contributed by atoms with Gasteiger partial charge in [-0.1, -0.05) is 266 Å². The van der Waals surface area contributed by atoms with E-state index >= 15 is 0 Å². The van der Waals surface area contributed by atoms with Gasteiger partial charge >= 0.3 is 0 Å². The second kappa shape index (κ2) is 53.5. The van der Waals surface area contributed by atoms with Crippen molar-refractivity contribution >= 4 is 13.7 Å². The molecule has 0 aromatic carbocycles. The Morgan fingerprint density at radius 1 is 0.500 bits per heavy atom. The number of nitrogens with zero attached hydrogens (tertiary/aromatic N) is 1. The van der Waals surface area contributed by atoms with Crippen molar-refractivity contribution < 1.29 is 32.9 Å². The lowest BCUT2D eigenvalue weighted by Gasteiger charge is -2.30. The number of hydrogen-bond acceptors (Lipinski definition) is 6. The first-order valence-electron chi connectivity index (χ1n) is 29.9. The van der Waals surface area contributed by atoms with E-state index in [9.17, 15) is 19.4 Å². The molecule has 1 amide bonds. The van der Waals surface area contributed by atoms with Gasteiger partial charge in [0.05, 0.1) is 39.9 Å². The van der Waals surface area contributed by atoms with Crippen LogP contribution < -0.4 is 10.2 Å². The summed E-state index contributed by atoms with van der Waals surface area (Å²) in [6.45, 7) is 4.60. The Balaban J connectivity index is 4.25. The summed E-state index contributed by atoms with van der Waals surface area (Å²) in [6.07, 6.45) is 74.8. The summed E-state index contributed by atoms with van der Waals surface area (Å²) in [7, 11) is 1.27. The first-order valence-corrected chi connectivity index (χ1v) is 31.4. The summed E-state index contributed by atoms with van der Waals surface area (Å²) in [4.78, 5) is 25.6. The van der Waals surface area contributed by atoms with E-state index in [1.165, 1.54) is 141 Å². The van der Waals surface area contributed by atoms with Crippen LogP contribution in [0, 0.1) is 0 Å². The summed E-state index contributed by atoms with van der Waals surface area (Å²) < 4.78 is 23.4. The standard InChI is InChI=1S/C63H115N2O6P/c1-6-8-10-12-14-16-18-20-22-24-26-28-30-32-34-36-38-40-42-44-46-48-50-52-54-56-62(66)61(60-71-72(68,69)70-59-58-65(3,4)5)64-63(67)57-55-53-51-49-47-45-43-41-39-37-35-33-31-29-27-25-23-21-19-17-15-13-11-9-7-2/h9,11,15,17,21,23,27,29,33,35,39,41,45,47,61-62,66H,6-8,10,12-14,16,18-20,22,24-26,28,30-32,34,36-38,40,42-44,46,48-60H2,1-5H3,(H-,64,67,68,69)/b11-9-,17-15-,23-21-,29-27-,35-33-,41-39-,47-45-. The van der Waals surface area contributed by atoms with Crippen LogP contribution >= 0.6 is 7.82 Å². The average molecular weight is 1030 g/mol. The summed E-state index contributed by atoms with van der Waals surface area (Å²) in [5, 5.41) is 14.0. The van der Waals surface area contributed by atoms with Crippen LogP contribution in [-0.4, -0.2) is 68.5 Å². The van der Waals surface area contributed by atoms with Crippen molar-refractivity contribution in [1.82, 2.24) is 5.32 Å². The lowest BCUT2D eigenvalue weighted by molar-refractivity contribution is -0.870. The number of carbonyl (C=O) groups is 1. The van der Waals surface area contributed by atoms with Crippen molar-refractivity contribution in [3.05, 3.63) is 85.1 Å². The number of phosphoric ester groups is 1. The molecule has 2 N–H and O–H groups in total. The fourth-order valence-electron chi connectivity index (χ4n) is 8.49. The zero-order valence-electron chi connectivity index (χ0n) is 47.6. The monoisotopic (exact) mass is 1030 g/mol. The van der Waals surface area contributed by atoms with E-state index in [4.69, 9.17) is 9.05 Å². The number of allylic oxidation sites excluding steroid dienone is 14. The molecule has 3 unspecified atom stereocenters. The Kier molecular flexibility index (Phi) is 51.8. The van der Waals surface area contributed by atoms with Crippen molar-refractivity contribution in [3.8, 4) is 0 Å². The van der Waals surface area contributed by atoms with Crippen molar-refractivity contribution in [2.45, 2.75) is 270 Å². The molecule has 0 aliphatic heterocycles. The van der Waals surface area contributed by atoms with Gasteiger partial charge in [0.25, 0.3) is 7.82 Å². The Morgan fingerprint density at radius 2 is 0.847 bits per heavy atom. The summed E-state index contributed by atoms with van der Waals surface area (Å²) in [5.74, 6) is -0.197. The third-order valence-electron chi connectivity index (χ3n) is 13.1. The summed E-state index contributed by atoms with van der Waals surface area (Å²) in [5.41, 5.74) is 0. The number of rotatable bonds is 54. The van der Waals surface area contributed by atoms with Crippen LogP contribution in [0.25, 0.3) is 0 Å². The number of quaternary nitrogens is 1. The maximum atomic E-state index is 13.0. The highest BCUT2D eigenvalue weighted by Crippen LogP contribution is 2.38. The fourth-order valence-corrected chi connectivity index (χ4v) is 9.22. The van der Waals surface area contributed by atoms with Gasteiger partial charge in [-0.2, -0.15) is 0 Å². The number of unbranched alkanes of at least 4 members (excludes halogenated alkanes) is 27. The Labute approximate surface area is 446 Å². The quantitative estimate of drug-likeness (QED) is 0.0272. The smallest absolute Gasteiger partial charge is 0.268 e. The molecule has 0 radical (unpaired) electrons. The average Bonchev–Trinajstić information content (AvgIpc) is 3.34. The van der Waals surface area contributed by atoms with Crippen LogP contribution in [0.3, 0.4) is 0 Å². The van der Waals surface area contributed by atoms with Gasteiger partial charge in [0.15, 0.2) is 0 Å². The minimum absolute atomic E-state index is 0.00111. The largest absolute Gasteiger partial charge is 0.756 e. The van der Waals surface area contributed by atoms with Crippen molar-refractivity contribution in [2.75, 3.05) is 40.9 Å². The van der Waals surface area contributed by atoms with Crippen LogP contribution in [0.1, 0.15) is 258 Å². The van der Waals surface area contributed by atoms with E-state index in [-0.39, 0.29) is 19.1 Å². The van der Waals surface area contributed by atoms with Gasteiger partial charge in [0.1, 0.15) is 13.2 Å². The van der Waals surface area contributed by atoms with Crippen molar-refractivity contribution in [3.63, 3.8) is 0 Å². The van der Waals surface area contributed by atoms with E-state index in [2.05, 4.69) is 104 Å². The number of carbonyl (C=O) groups excluding carboxylic acids is 1. The van der Waals surface area contributed by atoms with Crippen LogP contribution in [0.2, 0.25) is 0 Å². The maximum absolute atomic E-state index is 13.0. The highest BCUT2D eigenvalue weighted by molar-refractivity contribution is 7.45. The minimum atomic E-state index is -4.59. The fraction of sp³-hybridized carbons (Fsp3) is 0.762. The summed E-state index contributed by atoms with van der Waals surface area (Å²) >= 11 is 0. The number of hydrogen-bond donors (Lipinski definition) is 2. The molecule has 0 aliphatic carbocycles. The third-order valence-corrected chi connectivity index (χ3v) is 14.1. The number of aliphatic hydroxyl groups excluding tert-OH is 1. The van der Waals surface area contributed by atoms with E-state index in [0.29, 0.717) is 23.9 Å². The zero-order valence-corrected chi connectivity index (χ0v) is 48.5. The third kappa shape index (κ3) is 55.4. The lowest BCUT2D eigenvalue weighted by Crippen LogP contribution is -2.46. The molecule has 0 aromatic rings. The van der Waals surface area contributed by atoms with Crippen molar-refractivity contribution in [2.24, 2.45) is 0 Å². The predicted octanol–water partition coefficient (Wildman–Crippen LogP) is 17.8. The number of likely N-dealkylation sites (N-methyl/N-ethyl adjacent to an activating group) is 1. The molecule has 0 saturated heterocycles. The van der Waals surface area contributed by atoms with Gasteiger partial charge in [-0.25, -0.2) is 0 Å². The molecule has 8 nitrogen and oxygen atoms in total. The van der Waals surface area contributed by atoms with Gasteiger partial charge in [0.2, 0.25) is 5.91 Å². The van der Waals surface area contributed by atoms with Crippen LogP contribution in [-0.2, 0) is 18.4 Å². The predicted molar refractivity (Wildman–Crippen MR) is 311 cm³/mol. The Hall–Kier alpha value is -2.32. The molecule has 0 rings (SSSR count). The minimum Gasteiger partial charge on any atom is -0.756 e. The number of amides is 1. The lowest BCUT2D eigenvalue weighted by atomic mass is 10.0. The molecule has 0 saturated carbocycles. The van der Waals surface area contributed by atoms with E-state index < -0.39 is 20.0 Å². The number of phosphoric acid groups is 1. The molecule has 0 heterocycles. The van der Waals surface area contributed by atoms with E-state index in [1.807, 2.05) is 21.1 Å². The van der Waals surface area contributed by atoms with Gasteiger partial charge < -0.3 is 28.8 Å². The molecular formula is C63H115N2O6P. The second-order valence-corrected chi connectivity index (χ2v) is 22.7. The topological polar surface area (TPSA) is 108 Å². The molecule has 0 aromatic heterocycles. The number of aliphatic hydroxyl groups is 1. The van der Waals surface area contributed by atoms with E-state index in [1.54, 1.807) is 0 Å². The van der Waals surface area contributed by atoms with Gasteiger partial charge in [0, 0.05) is 6.42 Å². The summed E-state index contributed by atoms with van der Waals surface area (Å²) in [6, 6.07) is -0.826. The molecule has 0 fully saturated rings.